The molecule has 10 heteroatoms. The SMILES string of the molecule is CC(NC(=O)c1cccc(Cl)c1Cl)C(=O)N1CCN(C(=O)C(=O)NC2CC2)CC1. The van der Waals surface area contributed by atoms with E-state index in [9.17, 15) is 19.2 Å². The Morgan fingerprint density at radius 3 is 2.28 bits per heavy atom. The zero-order chi connectivity index (χ0) is 21.1. The molecule has 1 aromatic carbocycles. The van der Waals surface area contributed by atoms with E-state index in [1.54, 1.807) is 24.0 Å². The number of benzene rings is 1. The molecule has 1 saturated carbocycles. The first-order chi connectivity index (χ1) is 13.8. The molecule has 4 amide bonds. The third-order valence-corrected chi connectivity index (χ3v) is 5.72. The Labute approximate surface area is 178 Å². The molecule has 1 saturated heterocycles. The second kappa shape index (κ2) is 9.00. The predicted octanol–water partition coefficient (Wildman–Crippen LogP) is 1.06. The molecule has 0 spiro atoms. The molecule has 29 heavy (non-hydrogen) atoms. The molecule has 0 bridgehead atoms. The fourth-order valence-corrected chi connectivity index (χ4v) is 3.42. The Morgan fingerprint density at radius 1 is 1.03 bits per heavy atom. The summed E-state index contributed by atoms with van der Waals surface area (Å²) in [6, 6.07) is 4.04. The normalized spacial score (nSPS) is 17.5. The van der Waals surface area contributed by atoms with Crippen LogP contribution in [0.3, 0.4) is 0 Å². The van der Waals surface area contributed by atoms with Crippen LogP contribution in [0.1, 0.15) is 30.1 Å². The van der Waals surface area contributed by atoms with Gasteiger partial charge in [-0.05, 0) is 31.9 Å². The van der Waals surface area contributed by atoms with E-state index < -0.39 is 23.8 Å². The lowest BCUT2D eigenvalue weighted by molar-refractivity contribution is -0.148. The van der Waals surface area contributed by atoms with Crippen LogP contribution in [-0.4, -0.2) is 71.7 Å². The van der Waals surface area contributed by atoms with Gasteiger partial charge in [-0.2, -0.15) is 0 Å². The van der Waals surface area contributed by atoms with E-state index in [2.05, 4.69) is 10.6 Å². The molecule has 2 N–H and O–H groups in total. The van der Waals surface area contributed by atoms with Gasteiger partial charge in [-0.15, -0.1) is 0 Å². The average Bonchev–Trinajstić information content (AvgIpc) is 3.52. The van der Waals surface area contributed by atoms with Crippen LogP contribution in [0.2, 0.25) is 10.0 Å². The monoisotopic (exact) mass is 440 g/mol. The van der Waals surface area contributed by atoms with Crippen LogP contribution in [0.5, 0.6) is 0 Å². The summed E-state index contributed by atoms with van der Waals surface area (Å²) in [4.78, 5) is 52.1. The number of nitrogens with one attached hydrogen (secondary N) is 2. The summed E-state index contributed by atoms with van der Waals surface area (Å²) in [6.07, 6.45) is 1.82. The first kappa shape index (κ1) is 21.4. The van der Waals surface area contributed by atoms with Gasteiger partial charge in [-0.25, -0.2) is 0 Å². The minimum absolute atomic E-state index is 0.117. The second-order valence-corrected chi connectivity index (χ2v) is 7.95. The largest absolute Gasteiger partial charge is 0.345 e. The first-order valence-corrected chi connectivity index (χ1v) is 10.2. The summed E-state index contributed by atoms with van der Waals surface area (Å²) in [6.45, 7) is 2.70. The summed E-state index contributed by atoms with van der Waals surface area (Å²) < 4.78 is 0. The minimum Gasteiger partial charge on any atom is -0.345 e. The zero-order valence-corrected chi connectivity index (χ0v) is 17.4. The van der Waals surface area contributed by atoms with Crippen LogP contribution in [0, 0.1) is 0 Å². The third-order valence-electron chi connectivity index (χ3n) is 4.90. The fourth-order valence-electron chi connectivity index (χ4n) is 3.04. The van der Waals surface area contributed by atoms with Crippen LogP contribution in [0.15, 0.2) is 18.2 Å². The maximum absolute atomic E-state index is 12.7. The molecule has 156 valence electrons. The fraction of sp³-hybridized carbons (Fsp3) is 0.474. The highest BCUT2D eigenvalue weighted by Crippen LogP contribution is 2.25. The number of halogens is 2. The maximum atomic E-state index is 12.7. The zero-order valence-electron chi connectivity index (χ0n) is 15.9. The van der Waals surface area contributed by atoms with Gasteiger partial charge in [0.25, 0.3) is 5.91 Å². The lowest BCUT2D eigenvalue weighted by Crippen LogP contribution is -2.57. The molecule has 0 aromatic heterocycles. The Morgan fingerprint density at radius 2 is 1.66 bits per heavy atom. The predicted molar refractivity (Wildman–Crippen MR) is 108 cm³/mol. The van der Waals surface area contributed by atoms with Crippen molar-refractivity contribution in [3.63, 3.8) is 0 Å². The maximum Gasteiger partial charge on any atom is 0.312 e. The highest BCUT2D eigenvalue weighted by molar-refractivity contribution is 6.43. The van der Waals surface area contributed by atoms with E-state index in [0.717, 1.165) is 12.8 Å². The summed E-state index contributed by atoms with van der Waals surface area (Å²) in [5.74, 6) is -1.93. The number of amides is 4. The highest BCUT2D eigenvalue weighted by atomic mass is 35.5. The molecule has 1 aliphatic carbocycles. The lowest BCUT2D eigenvalue weighted by Gasteiger charge is -2.35. The molecule has 1 heterocycles. The topological polar surface area (TPSA) is 98.8 Å². The highest BCUT2D eigenvalue weighted by Gasteiger charge is 2.32. The Kier molecular flexibility index (Phi) is 6.64. The Hall–Kier alpha value is -2.32. The van der Waals surface area contributed by atoms with Gasteiger partial charge < -0.3 is 20.4 Å². The molecule has 3 rings (SSSR count). The molecule has 1 aliphatic heterocycles. The lowest BCUT2D eigenvalue weighted by atomic mass is 10.2. The molecule has 1 unspecified atom stereocenters. The summed E-state index contributed by atoms with van der Waals surface area (Å²) in [5.41, 5.74) is 0.191. The number of hydrogen-bond acceptors (Lipinski definition) is 4. The summed E-state index contributed by atoms with van der Waals surface area (Å²) in [7, 11) is 0. The molecule has 1 atom stereocenters. The standard InChI is InChI=1S/C19H22Cl2N4O4/c1-11(22-16(26)13-3-2-4-14(20)15(13)21)18(28)24-7-9-25(10-8-24)19(29)17(27)23-12-5-6-12/h2-4,11-12H,5-10H2,1H3,(H,22,26)(H,23,27). The van der Waals surface area contributed by atoms with Crippen LogP contribution >= 0.6 is 23.2 Å². The molecule has 2 fully saturated rings. The van der Waals surface area contributed by atoms with E-state index in [0.29, 0.717) is 13.1 Å². The van der Waals surface area contributed by atoms with Crippen molar-refractivity contribution in [1.29, 1.82) is 0 Å². The van der Waals surface area contributed by atoms with Crippen molar-refractivity contribution in [2.45, 2.75) is 31.8 Å². The number of piperazine rings is 1. The van der Waals surface area contributed by atoms with E-state index in [1.165, 1.54) is 11.0 Å². The molecule has 1 aromatic rings. The smallest absolute Gasteiger partial charge is 0.312 e. The van der Waals surface area contributed by atoms with Crippen LogP contribution in [-0.2, 0) is 14.4 Å². The van der Waals surface area contributed by atoms with Crippen LogP contribution < -0.4 is 10.6 Å². The second-order valence-electron chi connectivity index (χ2n) is 7.16. The number of carbonyl (C=O) groups excluding carboxylic acids is 4. The Balaban J connectivity index is 1.50. The average molecular weight is 441 g/mol. The number of nitrogens with zero attached hydrogens (tertiary/aromatic N) is 2. The van der Waals surface area contributed by atoms with Crippen LogP contribution in [0.25, 0.3) is 0 Å². The van der Waals surface area contributed by atoms with Crippen molar-refractivity contribution in [2.75, 3.05) is 26.2 Å². The van der Waals surface area contributed by atoms with Gasteiger partial charge in [-0.1, -0.05) is 29.3 Å². The van der Waals surface area contributed by atoms with Crippen molar-refractivity contribution < 1.29 is 19.2 Å². The molecule has 2 aliphatic rings. The Bertz CT molecular complexity index is 835. The minimum atomic E-state index is -0.780. The molecule has 8 nitrogen and oxygen atoms in total. The van der Waals surface area contributed by atoms with Crippen LogP contribution in [0.4, 0.5) is 0 Å². The first-order valence-electron chi connectivity index (χ1n) is 9.41. The summed E-state index contributed by atoms with van der Waals surface area (Å²) >= 11 is 12.0. The van der Waals surface area contributed by atoms with E-state index in [1.807, 2.05) is 0 Å². The van der Waals surface area contributed by atoms with Crippen molar-refractivity contribution in [2.24, 2.45) is 0 Å². The van der Waals surface area contributed by atoms with E-state index in [-0.39, 0.29) is 40.6 Å². The van der Waals surface area contributed by atoms with Crippen molar-refractivity contribution in [3.05, 3.63) is 33.8 Å². The van der Waals surface area contributed by atoms with Gasteiger partial charge in [0.15, 0.2) is 0 Å². The third kappa shape index (κ3) is 5.19. The van der Waals surface area contributed by atoms with Gasteiger partial charge in [0.05, 0.1) is 15.6 Å². The molecule has 0 radical (unpaired) electrons. The van der Waals surface area contributed by atoms with Gasteiger partial charge in [0.1, 0.15) is 6.04 Å². The van der Waals surface area contributed by atoms with E-state index >= 15 is 0 Å². The molecular weight excluding hydrogens is 419 g/mol. The van der Waals surface area contributed by atoms with Gasteiger partial charge in [0, 0.05) is 32.2 Å². The van der Waals surface area contributed by atoms with Gasteiger partial charge in [0.2, 0.25) is 5.91 Å². The summed E-state index contributed by atoms with van der Waals surface area (Å²) in [5, 5.41) is 5.68. The number of hydrogen-bond donors (Lipinski definition) is 2. The van der Waals surface area contributed by atoms with Crippen molar-refractivity contribution in [3.8, 4) is 0 Å². The van der Waals surface area contributed by atoms with Crippen molar-refractivity contribution in [1.82, 2.24) is 20.4 Å². The number of rotatable bonds is 4. The molecular formula is C19H22Cl2N4O4. The van der Waals surface area contributed by atoms with E-state index in [4.69, 9.17) is 23.2 Å². The number of carbonyl (C=O) groups is 4. The quantitative estimate of drug-likeness (QED) is 0.683. The van der Waals surface area contributed by atoms with Gasteiger partial charge in [-0.3, -0.25) is 19.2 Å². The van der Waals surface area contributed by atoms with Gasteiger partial charge >= 0.3 is 11.8 Å². The van der Waals surface area contributed by atoms with Crippen molar-refractivity contribution >= 4 is 46.8 Å².